The minimum absolute atomic E-state index is 0.165. The van der Waals surface area contributed by atoms with Crippen molar-refractivity contribution in [2.45, 2.75) is 148 Å². The molecule has 280 valence electrons. The molecule has 2 aliphatic rings. The highest BCUT2D eigenvalue weighted by Gasteiger charge is 2.49. The third kappa shape index (κ3) is 9.70. The molecule has 49 heavy (non-hydrogen) atoms. The number of aliphatic hydroxyl groups excluding tert-OH is 3. The number of amides is 2. The predicted octanol–water partition coefficient (Wildman–Crippen LogP) is 2.54. The first-order valence-corrected chi connectivity index (χ1v) is 17.6. The largest absolute Gasteiger partial charge is 0.459 e. The molecular formula is C36H61N3O10. The van der Waals surface area contributed by atoms with Gasteiger partial charge in [0.1, 0.15) is 23.9 Å². The summed E-state index contributed by atoms with van der Waals surface area (Å²) in [7, 11) is 1.59. The molecule has 2 fully saturated rings. The predicted molar refractivity (Wildman–Crippen MR) is 185 cm³/mol. The van der Waals surface area contributed by atoms with Crippen LogP contribution in [0.5, 0.6) is 0 Å². The van der Waals surface area contributed by atoms with E-state index >= 15 is 0 Å². The lowest BCUT2D eigenvalue weighted by atomic mass is 9.78. The fourth-order valence-electron chi connectivity index (χ4n) is 7.30. The van der Waals surface area contributed by atoms with Gasteiger partial charge in [0.2, 0.25) is 0 Å². The number of hydrogen-bond acceptors (Lipinski definition) is 11. The summed E-state index contributed by atoms with van der Waals surface area (Å²) in [5.41, 5.74) is -1.88. The molecule has 7 N–H and O–H groups in total. The molecule has 2 amide bonds. The third-order valence-corrected chi connectivity index (χ3v) is 10.5. The number of anilines is 1. The second-order valence-corrected chi connectivity index (χ2v) is 15.0. The van der Waals surface area contributed by atoms with Crippen LogP contribution in [0.15, 0.2) is 24.3 Å². The van der Waals surface area contributed by atoms with Gasteiger partial charge in [-0.25, -0.2) is 4.79 Å². The number of cyclic esters (lactones) is 1. The number of rotatable bonds is 5. The molecule has 2 aliphatic heterocycles. The van der Waals surface area contributed by atoms with Crippen molar-refractivity contribution in [1.29, 1.82) is 0 Å². The van der Waals surface area contributed by atoms with Gasteiger partial charge in [0.25, 0.3) is 0 Å². The van der Waals surface area contributed by atoms with Gasteiger partial charge in [0, 0.05) is 24.7 Å². The molecule has 0 radical (unpaired) electrons. The van der Waals surface area contributed by atoms with Gasteiger partial charge >= 0.3 is 12.0 Å². The van der Waals surface area contributed by atoms with Gasteiger partial charge < -0.3 is 55.3 Å². The van der Waals surface area contributed by atoms with E-state index in [1.165, 1.54) is 18.7 Å². The summed E-state index contributed by atoms with van der Waals surface area (Å²) in [6.07, 6.45) is -7.26. The Morgan fingerprint density at radius 3 is 2.33 bits per heavy atom. The second-order valence-electron chi connectivity index (χ2n) is 15.0. The topological polar surface area (TPSA) is 190 Å². The lowest BCUT2D eigenvalue weighted by molar-refractivity contribution is -0.298. The van der Waals surface area contributed by atoms with Crippen LogP contribution in [0.3, 0.4) is 0 Å². The summed E-state index contributed by atoms with van der Waals surface area (Å²) in [4.78, 5) is 28.1. The Morgan fingerprint density at radius 1 is 1.08 bits per heavy atom. The van der Waals surface area contributed by atoms with Crippen LogP contribution in [-0.2, 0) is 19.0 Å². The van der Waals surface area contributed by atoms with Crippen molar-refractivity contribution in [3.63, 3.8) is 0 Å². The Kier molecular flexibility index (Phi) is 14.1. The number of aliphatic hydroxyl groups is 5. The van der Waals surface area contributed by atoms with E-state index in [4.69, 9.17) is 14.2 Å². The van der Waals surface area contributed by atoms with Gasteiger partial charge in [-0.05, 0) is 84.9 Å². The molecule has 1 aromatic carbocycles. The Labute approximate surface area is 291 Å². The van der Waals surface area contributed by atoms with Crippen molar-refractivity contribution in [2.24, 2.45) is 17.8 Å². The van der Waals surface area contributed by atoms with Crippen molar-refractivity contribution in [3.05, 3.63) is 29.8 Å². The summed E-state index contributed by atoms with van der Waals surface area (Å²) in [5, 5.41) is 63.7. The van der Waals surface area contributed by atoms with Crippen LogP contribution >= 0.6 is 0 Å². The van der Waals surface area contributed by atoms with Crippen LogP contribution < -0.4 is 10.6 Å². The Balaban J connectivity index is 1.93. The first kappa shape index (κ1) is 41.1. The smallest absolute Gasteiger partial charge is 0.321 e. The Morgan fingerprint density at radius 2 is 1.71 bits per heavy atom. The molecular weight excluding hydrogens is 634 g/mol. The maximum Gasteiger partial charge on any atom is 0.321 e. The van der Waals surface area contributed by atoms with Gasteiger partial charge in [-0.1, -0.05) is 39.0 Å². The maximum atomic E-state index is 13.4. The average Bonchev–Trinajstić information content (AvgIpc) is 3.04. The fraction of sp³-hybridized carbons (Fsp3) is 0.778. The van der Waals surface area contributed by atoms with E-state index in [1.807, 2.05) is 32.0 Å². The van der Waals surface area contributed by atoms with E-state index in [0.717, 1.165) is 5.56 Å². The normalized spacial score (nSPS) is 41.6. The van der Waals surface area contributed by atoms with E-state index in [1.54, 1.807) is 47.7 Å². The number of carbonyl (C=O) groups excluding carboxylic acids is 2. The summed E-state index contributed by atoms with van der Waals surface area (Å²) < 4.78 is 18.2. The van der Waals surface area contributed by atoms with Gasteiger partial charge in [-0.15, -0.1) is 0 Å². The number of aryl methyl sites for hydroxylation is 1. The van der Waals surface area contributed by atoms with Gasteiger partial charge in [0.05, 0.1) is 35.9 Å². The van der Waals surface area contributed by atoms with E-state index in [-0.39, 0.29) is 18.8 Å². The molecule has 1 aromatic rings. The van der Waals surface area contributed by atoms with Crippen LogP contribution in [0.2, 0.25) is 0 Å². The minimum atomic E-state index is -1.79. The zero-order valence-electron chi connectivity index (χ0n) is 30.8. The molecule has 13 nitrogen and oxygen atoms in total. The molecule has 2 heterocycles. The number of para-hydroxylation sites is 1. The number of ether oxygens (including phenoxy) is 3. The number of hydrogen-bond donors (Lipinski definition) is 7. The van der Waals surface area contributed by atoms with E-state index in [0.29, 0.717) is 18.7 Å². The number of nitrogens with zero attached hydrogens (tertiary/aromatic N) is 1. The number of benzene rings is 1. The lowest BCUT2D eigenvalue weighted by Gasteiger charge is -2.47. The molecule has 2 saturated heterocycles. The summed E-state index contributed by atoms with van der Waals surface area (Å²) in [5.74, 6) is -2.98. The van der Waals surface area contributed by atoms with E-state index in [9.17, 15) is 35.1 Å². The molecule has 0 saturated carbocycles. The van der Waals surface area contributed by atoms with Crippen molar-refractivity contribution in [3.8, 4) is 0 Å². The maximum absolute atomic E-state index is 13.4. The summed E-state index contributed by atoms with van der Waals surface area (Å²) >= 11 is 0. The highest BCUT2D eigenvalue weighted by atomic mass is 16.7. The number of esters is 1. The molecule has 0 unspecified atom stereocenters. The van der Waals surface area contributed by atoms with Crippen LogP contribution in [-0.4, -0.2) is 122 Å². The standard InChI is InChI=1S/C36H61N3O10/c1-11-27-36(9,46)30(42)24(7)37-18-19(2)17-35(8,45)31(22(5)28(40)23(6)32(43)48-27)49-33-29(41)26(16-21(4)47-33)39(10)34(44)38-25-15-13-12-14-20(25)3/h12-15,19,21-24,26-31,33,37,40-42,45-46H,11,16-18H2,1-10H3,(H,38,44)/t19-,21-,22+,23-,24-,26+,27-,28+,29-,30-,31-,33+,35-,36-/m1/s1. The molecule has 3 rings (SSSR count). The number of carbonyl (C=O) groups is 2. The van der Waals surface area contributed by atoms with Crippen LogP contribution in [0.1, 0.15) is 80.2 Å². The third-order valence-electron chi connectivity index (χ3n) is 10.5. The number of likely N-dealkylation sites (N-methyl/N-ethyl adjacent to an activating group) is 1. The fourth-order valence-corrected chi connectivity index (χ4v) is 7.30. The molecule has 0 spiro atoms. The highest BCUT2D eigenvalue weighted by Crippen LogP contribution is 2.36. The SMILES string of the molecule is CC[C@H]1OC(=O)[C@H](C)[C@@H](O)[C@H](C)[C@@H](O[C@@H]2O[C@H](C)C[C@H](N(C)C(=O)Nc3ccccc3C)[C@H]2O)[C@](C)(O)C[C@@H](C)CN[C@H](C)[C@@H](O)[C@]1(C)O. The zero-order valence-corrected chi connectivity index (χ0v) is 30.8. The summed E-state index contributed by atoms with van der Waals surface area (Å²) in [6.45, 7) is 15.5. The molecule has 13 heteroatoms. The van der Waals surface area contributed by atoms with Crippen molar-refractivity contribution < 1.29 is 49.3 Å². The first-order chi connectivity index (χ1) is 22.7. The van der Waals surface area contributed by atoms with Crippen molar-refractivity contribution in [2.75, 3.05) is 18.9 Å². The van der Waals surface area contributed by atoms with Gasteiger partial charge in [-0.2, -0.15) is 0 Å². The van der Waals surface area contributed by atoms with Crippen LogP contribution in [0.4, 0.5) is 10.5 Å². The Bertz CT molecular complexity index is 1250. The monoisotopic (exact) mass is 695 g/mol. The Hall–Kier alpha value is -2.36. The van der Waals surface area contributed by atoms with Crippen LogP contribution in [0, 0.1) is 24.7 Å². The minimum Gasteiger partial charge on any atom is -0.459 e. The van der Waals surface area contributed by atoms with E-state index < -0.39 is 90.0 Å². The molecule has 0 aliphatic carbocycles. The first-order valence-electron chi connectivity index (χ1n) is 17.6. The molecule has 14 atom stereocenters. The lowest BCUT2D eigenvalue weighted by Crippen LogP contribution is -2.60. The van der Waals surface area contributed by atoms with Gasteiger partial charge in [-0.3, -0.25) is 4.79 Å². The molecule has 0 bridgehead atoms. The number of urea groups is 1. The van der Waals surface area contributed by atoms with Gasteiger partial charge in [0.15, 0.2) is 6.29 Å². The van der Waals surface area contributed by atoms with Crippen molar-refractivity contribution in [1.82, 2.24) is 10.2 Å². The quantitative estimate of drug-likeness (QED) is 0.224. The number of nitrogens with one attached hydrogen (secondary N) is 2. The van der Waals surface area contributed by atoms with Crippen LogP contribution in [0.25, 0.3) is 0 Å². The van der Waals surface area contributed by atoms with E-state index in [2.05, 4.69) is 10.6 Å². The zero-order chi connectivity index (χ0) is 37.0. The summed E-state index contributed by atoms with van der Waals surface area (Å²) in [6, 6.07) is 5.63. The molecule has 0 aromatic heterocycles. The highest BCUT2D eigenvalue weighted by molar-refractivity contribution is 5.90. The van der Waals surface area contributed by atoms with Crippen molar-refractivity contribution >= 4 is 17.7 Å². The second kappa shape index (κ2) is 16.8. The average molecular weight is 696 g/mol.